The molecule has 132 heavy (non-hydrogen) atoms. The Morgan fingerprint density at radius 3 is 0.432 bits per heavy atom. The summed E-state index contributed by atoms with van der Waals surface area (Å²) in [6, 6.07) is 15.2. The van der Waals surface area contributed by atoms with Gasteiger partial charge in [-0.25, -0.2) is 19.9 Å². The van der Waals surface area contributed by atoms with Gasteiger partial charge in [-0.1, -0.05) is 542 Å². The second kappa shape index (κ2) is 82.4. The Hall–Kier alpha value is -2.22. The van der Waals surface area contributed by atoms with Gasteiger partial charge in [0, 0.05) is 62.0 Å². The third-order valence-electron chi connectivity index (χ3n) is 28.6. The second-order valence-electron chi connectivity index (χ2n) is 40.9. The molecular formula is C120H206N6S6. The van der Waals surface area contributed by atoms with Gasteiger partial charge in [0.15, 0.2) is 11.6 Å². The molecule has 1 aliphatic rings. The Morgan fingerprint density at radius 2 is 0.280 bits per heavy atom. The highest BCUT2D eigenvalue weighted by atomic mass is 32.2. The first-order valence-electron chi connectivity index (χ1n) is 58.5. The van der Waals surface area contributed by atoms with E-state index in [0.29, 0.717) is 0 Å². The van der Waals surface area contributed by atoms with Gasteiger partial charge < -0.3 is 9.97 Å². The molecule has 7 rings (SSSR count). The molecule has 2 N–H and O–H groups in total. The number of fused-ring (bicyclic) bond motifs is 15. The van der Waals surface area contributed by atoms with E-state index in [1.165, 1.54) is 569 Å². The van der Waals surface area contributed by atoms with Crippen LogP contribution in [0.15, 0.2) is 65.8 Å². The molecule has 0 radical (unpaired) electrons. The lowest BCUT2D eigenvalue weighted by atomic mass is 10.0. The summed E-state index contributed by atoms with van der Waals surface area (Å²) in [6.45, 7) is 14.0. The summed E-state index contributed by atoms with van der Waals surface area (Å²) in [6.07, 6.45) is 117. The fourth-order valence-corrected chi connectivity index (χ4v) is 26.8. The highest BCUT2D eigenvalue weighted by Gasteiger charge is 2.26. The summed E-state index contributed by atoms with van der Waals surface area (Å²) < 4.78 is 0. The van der Waals surface area contributed by atoms with E-state index in [2.05, 4.69) is 158 Å². The number of nitrogens with zero attached hydrogens (tertiary/aromatic N) is 4. The maximum Gasteiger partial charge on any atom is 0.164 e. The molecule has 1 aliphatic heterocycles. The van der Waals surface area contributed by atoms with E-state index < -0.39 is 0 Å². The number of hydrogen-bond donors (Lipinski definition) is 2. The summed E-state index contributed by atoms with van der Waals surface area (Å²) in [5.74, 6) is 8.38. The molecule has 0 fully saturated rings. The van der Waals surface area contributed by atoms with Crippen molar-refractivity contribution in [2.45, 2.75) is 610 Å². The standard InChI is InChI=1S/C120H206N6S6/c1-7-13-19-25-31-37-43-49-55-61-67-73-79-85-91-127-109-97-103-104(98-110(109)128-92-86-80-74-68-62-56-50-44-38-32-26-20-14-8-2)116-121-115(103)124-117-105-99-111(129-93-87-81-75-69-63-57-51-45-39-33-27-21-15-9-3)112(130-94-88-82-76-70-64-58-52-46-40-34-28-22-16-10-4)100-106(105)119(122-117)126-120-108-102-114(132-96-90-84-78-72-66-60-54-48-42-36-30-24-18-12-6)113(101-107(108)118(123-120)125-116)131-95-89-83-77-71-65-59-53-47-41-35-29-23-17-11-5/h97-102H,7-96H2,1-6H3,(H2,121,122,123,124,125,126). The molecule has 3 aromatic heterocycles. The van der Waals surface area contributed by atoms with Crippen LogP contribution in [0.25, 0.3) is 66.9 Å². The molecule has 0 aliphatic carbocycles. The van der Waals surface area contributed by atoms with Crippen molar-refractivity contribution in [1.29, 1.82) is 0 Å². The highest BCUT2D eigenvalue weighted by molar-refractivity contribution is 8.03. The molecule has 752 valence electrons. The maximum absolute atomic E-state index is 5.89. The summed E-state index contributed by atoms with van der Waals surface area (Å²) in [7, 11) is 0. The third-order valence-corrected chi connectivity index (χ3v) is 35.9. The zero-order valence-corrected chi connectivity index (χ0v) is 92.2. The van der Waals surface area contributed by atoms with Crippen molar-refractivity contribution in [2.75, 3.05) is 34.5 Å². The normalized spacial score (nSPS) is 12.0. The van der Waals surface area contributed by atoms with Crippen LogP contribution in [0.3, 0.4) is 0 Å². The second-order valence-corrected chi connectivity index (χ2v) is 47.8. The molecule has 0 unspecified atom stereocenters. The number of thioether (sulfide) groups is 6. The number of hydrogen-bond acceptors (Lipinski definition) is 10. The molecule has 6 nitrogen and oxygen atoms in total. The van der Waals surface area contributed by atoms with Gasteiger partial charge in [-0.15, -0.1) is 70.6 Å². The molecule has 6 bridgehead atoms. The zero-order valence-electron chi connectivity index (χ0n) is 87.3. The van der Waals surface area contributed by atoms with E-state index in [9.17, 15) is 0 Å². The van der Waals surface area contributed by atoms with E-state index in [1.54, 1.807) is 0 Å². The molecule has 0 atom stereocenters. The monoisotopic (exact) mass is 1920 g/mol. The molecular weight excluding hydrogens is 1720 g/mol. The van der Waals surface area contributed by atoms with Gasteiger partial charge in [0.2, 0.25) is 0 Å². The van der Waals surface area contributed by atoms with Crippen LogP contribution in [0.1, 0.15) is 581 Å². The minimum atomic E-state index is 0.774. The Balaban J connectivity index is 1.22. The van der Waals surface area contributed by atoms with Gasteiger partial charge in [-0.05, 0) is 109 Å². The van der Waals surface area contributed by atoms with E-state index in [-0.39, 0.29) is 0 Å². The van der Waals surface area contributed by atoms with Crippen molar-refractivity contribution < 1.29 is 0 Å². The van der Waals surface area contributed by atoms with Crippen molar-refractivity contribution in [3.8, 4) is 22.8 Å². The SMILES string of the molecule is CCCCCCCCCCCCCCCCSc1cc2c(cc1SCCCCCCCCCCCCCCCC)-c1nc-2nc2[nH]c(nc3[nH]c(n1)c1cc(SCCCCCCCCCCCCCCCC)c(SCCCCCCCCCCCCCCCC)cc31)c1cc(SCCCCCCCCCCCCCCCC)c(SCCCCCCCCCCCCCCCC)cc21. The van der Waals surface area contributed by atoms with Crippen molar-refractivity contribution >= 4 is 115 Å². The Kier molecular flexibility index (Phi) is 72.8. The average Bonchev–Trinajstić information content (AvgIpc) is 1.59. The van der Waals surface area contributed by atoms with E-state index in [0.717, 1.165) is 101 Å². The van der Waals surface area contributed by atoms with Crippen LogP contribution in [0.4, 0.5) is 0 Å². The van der Waals surface area contributed by atoms with Crippen molar-refractivity contribution in [2.24, 2.45) is 0 Å². The van der Waals surface area contributed by atoms with Gasteiger partial charge in [0.05, 0.1) is 0 Å². The van der Waals surface area contributed by atoms with Crippen LogP contribution in [0, 0.1) is 0 Å². The molecule has 12 heteroatoms. The van der Waals surface area contributed by atoms with Crippen LogP contribution in [-0.2, 0) is 0 Å². The summed E-state index contributed by atoms with van der Waals surface area (Å²) in [5, 5.41) is 4.63. The van der Waals surface area contributed by atoms with Gasteiger partial charge >= 0.3 is 0 Å². The van der Waals surface area contributed by atoms with Crippen LogP contribution in [0.5, 0.6) is 0 Å². The first kappa shape index (κ1) is 117. The minimum absolute atomic E-state index is 0.774. The quantitative estimate of drug-likeness (QED) is 0.0284. The molecule has 6 aromatic rings. The smallest absolute Gasteiger partial charge is 0.164 e. The van der Waals surface area contributed by atoms with E-state index in [1.807, 2.05) is 0 Å². The van der Waals surface area contributed by atoms with Crippen LogP contribution >= 0.6 is 70.6 Å². The molecule has 4 heterocycles. The Labute approximate surface area is 841 Å². The summed E-state index contributed by atoms with van der Waals surface area (Å²) in [4.78, 5) is 39.8. The fourth-order valence-electron chi connectivity index (χ4n) is 19.9. The number of nitrogens with one attached hydrogen (secondary N) is 2. The first-order valence-corrected chi connectivity index (χ1v) is 64.4. The fraction of sp³-hybridized carbons (Fsp3) is 0.800. The number of unbranched alkanes of at least 4 members (excludes halogenated alkanes) is 78. The maximum atomic E-state index is 5.89. The lowest BCUT2D eigenvalue weighted by Crippen LogP contribution is -1.91. The average molecular weight is 1930 g/mol. The Morgan fingerprint density at radius 1 is 0.152 bits per heavy atom. The molecule has 0 spiro atoms. The molecule has 3 aromatic carbocycles. The lowest BCUT2D eigenvalue weighted by Gasteiger charge is -2.12. The first-order chi connectivity index (χ1) is 65.5. The van der Waals surface area contributed by atoms with Crippen molar-refractivity contribution in [3.05, 3.63) is 36.4 Å². The largest absolute Gasteiger partial charge is 0.324 e. The lowest BCUT2D eigenvalue weighted by molar-refractivity contribution is 0.538. The highest BCUT2D eigenvalue weighted by Crippen LogP contribution is 2.46. The number of aromatic nitrogens is 6. The van der Waals surface area contributed by atoms with Crippen molar-refractivity contribution in [3.63, 3.8) is 0 Å². The topological polar surface area (TPSA) is 83.1 Å². The number of aromatic amines is 2. The zero-order chi connectivity index (χ0) is 92.8. The van der Waals surface area contributed by atoms with Crippen molar-refractivity contribution in [1.82, 2.24) is 29.9 Å². The van der Waals surface area contributed by atoms with Gasteiger partial charge in [0.1, 0.15) is 22.6 Å². The van der Waals surface area contributed by atoms with Gasteiger partial charge in [-0.3, -0.25) is 0 Å². The number of rotatable bonds is 96. The predicted molar refractivity (Wildman–Crippen MR) is 605 cm³/mol. The van der Waals surface area contributed by atoms with E-state index >= 15 is 0 Å². The molecule has 0 saturated heterocycles. The van der Waals surface area contributed by atoms with Crippen LogP contribution in [-0.4, -0.2) is 64.4 Å². The molecule has 0 amide bonds. The molecule has 0 saturated carbocycles. The Bertz CT molecular complexity index is 3550. The minimum Gasteiger partial charge on any atom is -0.324 e. The number of H-pyrrole nitrogens is 2. The summed E-state index contributed by atoms with van der Waals surface area (Å²) >= 11 is 12.6. The number of benzene rings is 3. The van der Waals surface area contributed by atoms with Gasteiger partial charge in [0.25, 0.3) is 0 Å². The van der Waals surface area contributed by atoms with Crippen LogP contribution < -0.4 is 0 Å². The van der Waals surface area contributed by atoms with E-state index in [4.69, 9.17) is 19.9 Å². The third kappa shape index (κ3) is 53.6. The summed E-state index contributed by atoms with van der Waals surface area (Å²) in [5.41, 5.74) is 5.75. The predicted octanol–water partition coefficient (Wildman–Crippen LogP) is 44.7. The van der Waals surface area contributed by atoms with Crippen LogP contribution in [0.2, 0.25) is 0 Å². The van der Waals surface area contributed by atoms with Gasteiger partial charge in [-0.2, -0.15) is 0 Å².